The summed E-state index contributed by atoms with van der Waals surface area (Å²) < 4.78 is 10.2. The first kappa shape index (κ1) is 14.0. The Hall–Kier alpha value is -1.99. The molecule has 3 rings (SSSR count). The number of piperidine rings is 1. The van der Waals surface area contributed by atoms with Crippen LogP contribution < -0.4 is 10.6 Å². The molecule has 0 saturated carbocycles. The Morgan fingerprint density at radius 2 is 2.24 bits per heavy atom. The van der Waals surface area contributed by atoms with Crippen molar-refractivity contribution in [1.82, 2.24) is 15.1 Å². The van der Waals surface area contributed by atoms with Crippen LogP contribution in [0.3, 0.4) is 0 Å². The van der Waals surface area contributed by atoms with Crippen molar-refractivity contribution in [3.63, 3.8) is 0 Å². The molecule has 1 aliphatic rings. The van der Waals surface area contributed by atoms with Crippen molar-refractivity contribution < 1.29 is 9.26 Å². The molecule has 2 aromatic heterocycles. The zero-order chi connectivity index (χ0) is 14.7. The summed E-state index contributed by atoms with van der Waals surface area (Å²) in [7, 11) is 1.60. The van der Waals surface area contributed by atoms with Gasteiger partial charge in [0.05, 0.1) is 0 Å². The smallest absolute Gasteiger partial charge is 0.258 e. The Morgan fingerprint density at radius 1 is 1.43 bits per heavy atom. The summed E-state index contributed by atoms with van der Waals surface area (Å²) in [6, 6.07) is 4.14. The summed E-state index contributed by atoms with van der Waals surface area (Å²) in [4.78, 5) is 11.0. The van der Waals surface area contributed by atoms with E-state index in [1.54, 1.807) is 13.3 Å². The van der Waals surface area contributed by atoms with Crippen LogP contribution in [0.25, 0.3) is 11.5 Å². The molecule has 2 aromatic rings. The molecule has 3 heterocycles. The summed E-state index contributed by atoms with van der Waals surface area (Å²) >= 11 is 0. The van der Waals surface area contributed by atoms with E-state index in [9.17, 15) is 0 Å². The number of anilines is 1. The third-order valence-corrected chi connectivity index (χ3v) is 3.60. The summed E-state index contributed by atoms with van der Waals surface area (Å²) in [6.45, 7) is 2.19. The average molecular weight is 289 g/mol. The maximum Gasteiger partial charge on any atom is 0.258 e. The number of methoxy groups -OCH3 is 1. The number of aromatic nitrogens is 3. The van der Waals surface area contributed by atoms with Gasteiger partial charge in [0.15, 0.2) is 5.82 Å². The molecule has 0 bridgehead atoms. The van der Waals surface area contributed by atoms with E-state index in [-0.39, 0.29) is 0 Å². The fraction of sp³-hybridized carbons (Fsp3) is 0.500. The van der Waals surface area contributed by atoms with Gasteiger partial charge in [0, 0.05) is 38.0 Å². The van der Waals surface area contributed by atoms with Crippen LogP contribution in [0.2, 0.25) is 0 Å². The predicted octanol–water partition coefficient (Wildman–Crippen LogP) is 1.21. The molecule has 0 aliphatic carbocycles. The number of hydrogen-bond acceptors (Lipinski definition) is 7. The highest BCUT2D eigenvalue weighted by Crippen LogP contribution is 2.23. The fourth-order valence-corrected chi connectivity index (χ4v) is 2.41. The van der Waals surface area contributed by atoms with Crippen molar-refractivity contribution in [3.05, 3.63) is 24.2 Å². The topological polar surface area (TPSA) is 90.3 Å². The first-order chi connectivity index (χ1) is 10.3. The number of nitrogens with zero attached hydrogens (tertiary/aromatic N) is 4. The molecule has 1 aliphatic heterocycles. The van der Waals surface area contributed by atoms with Crippen molar-refractivity contribution in [2.45, 2.75) is 25.5 Å². The lowest BCUT2D eigenvalue weighted by atomic mass is 10.1. The Morgan fingerprint density at radius 3 is 3.00 bits per heavy atom. The van der Waals surface area contributed by atoms with Crippen LogP contribution in [0.4, 0.5) is 5.82 Å². The minimum absolute atomic E-state index is 0.303. The lowest BCUT2D eigenvalue weighted by Crippen LogP contribution is -2.40. The van der Waals surface area contributed by atoms with E-state index in [2.05, 4.69) is 20.0 Å². The highest BCUT2D eigenvalue weighted by Gasteiger charge is 2.18. The van der Waals surface area contributed by atoms with Crippen LogP contribution in [0, 0.1) is 0 Å². The van der Waals surface area contributed by atoms with E-state index < -0.39 is 0 Å². The van der Waals surface area contributed by atoms with Crippen molar-refractivity contribution in [2.75, 3.05) is 25.1 Å². The molecule has 1 fully saturated rings. The van der Waals surface area contributed by atoms with Gasteiger partial charge in [-0.3, -0.25) is 0 Å². The van der Waals surface area contributed by atoms with Gasteiger partial charge in [-0.25, -0.2) is 4.98 Å². The van der Waals surface area contributed by atoms with Gasteiger partial charge < -0.3 is 19.9 Å². The Labute approximate surface area is 123 Å². The lowest BCUT2D eigenvalue weighted by molar-refractivity contribution is 0.174. The molecular weight excluding hydrogens is 270 g/mol. The van der Waals surface area contributed by atoms with Gasteiger partial charge >= 0.3 is 0 Å². The van der Waals surface area contributed by atoms with E-state index in [0.717, 1.165) is 37.3 Å². The molecule has 0 unspecified atom stereocenters. The highest BCUT2D eigenvalue weighted by molar-refractivity contribution is 5.58. The van der Waals surface area contributed by atoms with Gasteiger partial charge in [-0.15, -0.1) is 0 Å². The largest absolute Gasteiger partial charge is 0.377 e. The van der Waals surface area contributed by atoms with Crippen LogP contribution in [-0.2, 0) is 11.3 Å². The predicted molar refractivity (Wildman–Crippen MR) is 77.7 cm³/mol. The second-order valence-corrected chi connectivity index (χ2v) is 5.18. The van der Waals surface area contributed by atoms with Gasteiger partial charge in [-0.05, 0) is 25.0 Å². The maximum absolute atomic E-state index is 5.94. The summed E-state index contributed by atoms with van der Waals surface area (Å²) in [6.07, 6.45) is 3.74. The Kier molecular flexibility index (Phi) is 4.12. The SMILES string of the molecule is COCc1noc(-c2ccnc(N3CCC(N)CC3)c2)n1. The van der Waals surface area contributed by atoms with E-state index >= 15 is 0 Å². The minimum atomic E-state index is 0.303. The molecule has 2 N–H and O–H groups in total. The molecule has 112 valence electrons. The van der Waals surface area contributed by atoms with Crippen molar-refractivity contribution in [1.29, 1.82) is 0 Å². The molecule has 0 aromatic carbocycles. The summed E-state index contributed by atoms with van der Waals surface area (Å²) in [5.74, 6) is 1.94. The molecule has 0 spiro atoms. The zero-order valence-electron chi connectivity index (χ0n) is 12.0. The molecule has 21 heavy (non-hydrogen) atoms. The third-order valence-electron chi connectivity index (χ3n) is 3.60. The van der Waals surface area contributed by atoms with Gasteiger partial charge in [-0.1, -0.05) is 5.16 Å². The van der Waals surface area contributed by atoms with Crippen LogP contribution in [-0.4, -0.2) is 41.4 Å². The van der Waals surface area contributed by atoms with Gasteiger partial charge in [0.2, 0.25) is 0 Å². The number of ether oxygens (including phenoxy) is 1. The summed E-state index contributed by atoms with van der Waals surface area (Å²) in [5, 5.41) is 3.87. The van der Waals surface area contributed by atoms with Crippen molar-refractivity contribution >= 4 is 5.82 Å². The molecule has 7 heteroatoms. The third kappa shape index (κ3) is 3.20. The Balaban J connectivity index is 1.79. The number of nitrogens with two attached hydrogens (primary N) is 1. The van der Waals surface area contributed by atoms with Crippen molar-refractivity contribution in [2.24, 2.45) is 5.73 Å². The normalized spacial score (nSPS) is 16.4. The molecule has 0 amide bonds. The molecule has 1 saturated heterocycles. The standard InChI is InChI=1S/C14H19N5O2/c1-20-9-12-17-14(21-18-12)10-2-5-16-13(8-10)19-6-3-11(15)4-7-19/h2,5,8,11H,3-4,6-7,9,15H2,1H3. The molecular formula is C14H19N5O2. The van der Waals surface area contributed by atoms with Crippen LogP contribution in [0.5, 0.6) is 0 Å². The van der Waals surface area contributed by atoms with E-state index in [4.69, 9.17) is 15.0 Å². The minimum Gasteiger partial charge on any atom is -0.377 e. The second kappa shape index (κ2) is 6.19. The van der Waals surface area contributed by atoms with E-state index in [1.807, 2.05) is 12.1 Å². The first-order valence-corrected chi connectivity index (χ1v) is 7.05. The number of hydrogen-bond donors (Lipinski definition) is 1. The summed E-state index contributed by atoms with van der Waals surface area (Å²) in [5.41, 5.74) is 6.80. The van der Waals surface area contributed by atoms with Gasteiger partial charge in [0.1, 0.15) is 12.4 Å². The Bertz CT molecular complexity index is 593. The number of rotatable bonds is 4. The maximum atomic E-state index is 5.94. The fourth-order valence-electron chi connectivity index (χ4n) is 2.41. The van der Waals surface area contributed by atoms with Gasteiger partial charge in [-0.2, -0.15) is 4.98 Å². The quantitative estimate of drug-likeness (QED) is 0.904. The van der Waals surface area contributed by atoms with Crippen LogP contribution in [0.15, 0.2) is 22.9 Å². The zero-order valence-corrected chi connectivity index (χ0v) is 12.0. The van der Waals surface area contributed by atoms with Crippen molar-refractivity contribution in [3.8, 4) is 11.5 Å². The molecule has 0 atom stereocenters. The van der Waals surface area contributed by atoms with E-state index in [0.29, 0.717) is 24.4 Å². The van der Waals surface area contributed by atoms with Gasteiger partial charge in [0.25, 0.3) is 5.89 Å². The molecule has 0 radical (unpaired) electrons. The second-order valence-electron chi connectivity index (χ2n) is 5.18. The van der Waals surface area contributed by atoms with Crippen LogP contribution in [0.1, 0.15) is 18.7 Å². The monoisotopic (exact) mass is 289 g/mol. The molecule has 7 nitrogen and oxygen atoms in total. The average Bonchev–Trinajstić information content (AvgIpc) is 2.97. The first-order valence-electron chi connectivity index (χ1n) is 7.05. The number of pyridine rings is 1. The van der Waals surface area contributed by atoms with Crippen LogP contribution >= 0.6 is 0 Å². The van der Waals surface area contributed by atoms with E-state index in [1.165, 1.54) is 0 Å². The lowest BCUT2D eigenvalue weighted by Gasteiger charge is -2.31. The highest BCUT2D eigenvalue weighted by atomic mass is 16.5.